The van der Waals surface area contributed by atoms with Gasteiger partial charge in [0.1, 0.15) is 36.6 Å². The number of hydrogen-bond acceptors (Lipinski definition) is 12. The molecular weight excluding hydrogens is 1120 g/mol. The summed E-state index contributed by atoms with van der Waals surface area (Å²) in [5.74, 6) is -8.17. The predicted molar refractivity (Wildman–Crippen MR) is 334 cm³/mol. The molecule has 23 heteroatoms. The van der Waals surface area contributed by atoms with Gasteiger partial charge in [0.25, 0.3) is 0 Å². The van der Waals surface area contributed by atoms with Crippen molar-refractivity contribution in [1.29, 1.82) is 0 Å². The number of carboxylic acid groups (broad SMARTS) is 2. The van der Waals surface area contributed by atoms with Crippen molar-refractivity contribution in [3.8, 4) is 0 Å². The number of anilines is 1. The van der Waals surface area contributed by atoms with Crippen LogP contribution in [0.1, 0.15) is 84.8 Å². The number of carboxylic acids is 2. The summed E-state index contributed by atoms with van der Waals surface area (Å²) in [4.78, 5) is 113. The second-order valence-corrected chi connectivity index (χ2v) is 25.0. The lowest BCUT2D eigenvalue weighted by atomic mass is 9.79. The van der Waals surface area contributed by atoms with Gasteiger partial charge in [-0.3, -0.25) is 43.3 Å². The van der Waals surface area contributed by atoms with E-state index >= 15 is 0 Å². The molecule has 5 atom stereocenters. The summed E-state index contributed by atoms with van der Waals surface area (Å²) in [5, 5.41) is 36.8. The molecule has 0 bridgehead atoms. The van der Waals surface area contributed by atoms with Crippen LogP contribution in [-0.4, -0.2) is 135 Å². The van der Waals surface area contributed by atoms with Crippen molar-refractivity contribution in [3.05, 3.63) is 132 Å². The molecule has 21 nitrogen and oxygen atoms in total. The van der Waals surface area contributed by atoms with Crippen molar-refractivity contribution in [2.45, 2.75) is 115 Å². The molecule has 3 aliphatic heterocycles. The van der Waals surface area contributed by atoms with Crippen molar-refractivity contribution >= 4 is 114 Å². The third-order valence-electron chi connectivity index (χ3n) is 15.3. The largest absolute Gasteiger partial charge is 0.481 e. The average Bonchev–Trinajstić information content (AvgIpc) is 2.18. The molecule has 85 heavy (non-hydrogen) atoms. The number of aliphatic imine (C=N–C) groups is 1. The molecule has 6 amide bonds. The summed E-state index contributed by atoms with van der Waals surface area (Å²) in [6.07, 6.45) is 13.0. The lowest BCUT2D eigenvalue weighted by Crippen LogP contribution is -2.60. The first-order valence-corrected chi connectivity index (χ1v) is 30.6. The van der Waals surface area contributed by atoms with E-state index in [4.69, 9.17) is 17.2 Å². The number of nitrogens with zero attached hydrogens (tertiary/aromatic N) is 3. The van der Waals surface area contributed by atoms with E-state index in [2.05, 4.69) is 105 Å². The highest BCUT2D eigenvalue weighted by Gasteiger charge is 2.46. The number of rotatable bonds is 19. The highest BCUT2D eigenvalue weighted by Crippen LogP contribution is 2.51. The number of aliphatic carboxylic acids is 2. The Bertz CT molecular complexity index is 3440. The van der Waals surface area contributed by atoms with Gasteiger partial charge in [0, 0.05) is 65.5 Å². The van der Waals surface area contributed by atoms with Gasteiger partial charge in [-0.1, -0.05) is 134 Å². The Balaban J connectivity index is 1.14. The SMILES string of the molecule is CC(C)[C@@H]1NC(=O)[C@H](CCCN=C(N)N)NC(=O)[C@@H](NC(=O)CCN2/C(=C/C=C/C=C/C=C/C3=[N+](CCC(=O)O)c4ccc5ccccc5c4C3(C)C)C(C)(C)c3c2ccc2ccccc32)CSSC[C@@H](C(N)=O)NC(=O)[C@H](CC(=O)O)NC1=O. The zero-order valence-corrected chi connectivity index (χ0v) is 50.2. The van der Waals surface area contributed by atoms with E-state index in [0.717, 1.165) is 77.0 Å². The minimum Gasteiger partial charge on any atom is -0.481 e. The number of allylic oxidation sites excluding steroid dienone is 8. The number of nitrogens with one attached hydrogen (secondary N) is 5. The predicted octanol–water partition coefficient (Wildman–Crippen LogP) is 5.07. The first-order chi connectivity index (χ1) is 40.4. The first-order valence-electron chi connectivity index (χ1n) is 28.1. The van der Waals surface area contributed by atoms with Gasteiger partial charge in [-0.25, -0.2) is 0 Å². The smallest absolute Gasteiger partial charge is 0.309 e. The van der Waals surface area contributed by atoms with Gasteiger partial charge in [-0.15, -0.1) is 0 Å². The van der Waals surface area contributed by atoms with Crippen molar-refractivity contribution in [2.24, 2.45) is 28.1 Å². The number of carbonyl (C=O) groups is 8. The van der Waals surface area contributed by atoms with E-state index in [1.54, 1.807) is 13.8 Å². The molecule has 0 spiro atoms. The van der Waals surface area contributed by atoms with Crippen LogP contribution in [-0.2, 0) is 49.2 Å². The van der Waals surface area contributed by atoms with Crippen LogP contribution in [0.3, 0.4) is 0 Å². The quantitative estimate of drug-likeness (QED) is 0.0146. The maximum Gasteiger partial charge on any atom is 0.309 e. The average molecular weight is 1200 g/mol. The second kappa shape index (κ2) is 28.4. The number of primary amides is 1. The van der Waals surface area contributed by atoms with Crippen LogP contribution in [0.25, 0.3) is 21.5 Å². The molecule has 1 fully saturated rings. The number of fused-ring (bicyclic) bond motifs is 6. The maximum absolute atomic E-state index is 14.5. The molecule has 0 aliphatic carbocycles. The minimum atomic E-state index is -1.66. The molecule has 0 aromatic heterocycles. The number of carbonyl (C=O) groups excluding carboxylic acids is 6. The number of guanidine groups is 1. The van der Waals surface area contributed by atoms with Gasteiger partial charge >= 0.3 is 11.9 Å². The van der Waals surface area contributed by atoms with Crippen LogP contribution in [0.2, 0.25) is 0 Å². The summed E-state index contributed by atoms with van der Waals surface area (Å²) >= 11 is 0. The van der Waals surface area contributed by atoms with E-state index in [0.29, 0.717) is 6.54 Å². The van der Waals surface area contributed by atoms with Crippen LogP contribution in [0.5, 0.6) is 0 Å². The zero-order valence-electron chi connectivity index (χ0n) is 48.6. The zero-order chi connectivity index (χ0) is 61.8. The molecular formula is C62H76N11O10S2+. The Hall–Kier alpha value is -8.44. The molecule has 450 valence electrons. The van der Waals surface area contributed by atoms with Crippen LogP contribution in [0.15, 0.2) is 126 Å². The fraction of sp³-hybridized carbons (Fsp3) is 0.387. The lowest BCUT2D eigenvalue weighted by molar-refractivity contribution is -0.436. The third-order valence-corrected chi connectivity index (χ3v) is 17.7. The van der Waals surface area contributed by atoms with Gasteiger partial charge in [0.05, 0.1) is 11.8 Å². The Morgan fingerprint density at radius 3 is 2.01 bits per heavy atom. The Morgan fingerprint density at radius 2 is 1.35 bits per heavy atom. The Morgan fingerprint density at radius 1 is 0.729 bits per heavy atom. The Kier molecular flexibility index (Phi) is 21.4. The molecule has 3 aliphatic rings. The van der Waals surface area contributed by atoms with E-state index < -0.39 is 101 Å². The molecule has 0 saturated carbocycles. The monoisotopic (exact) mass is 1200 g/mol. The minimum absolute atomic E-state index is 0.0115. The fourth-order valence-electron chi connectivity index (χ4n) is 11.1. The van der Waals surface area contributed by atoms with Crippen molar-refractivity contribution in [1.82, 2.24) is 26.6 Å². The van der Waals surface area contributed by atoms with Crippen LogP contribution >= 0.6 is 21.6 Å². The second-order valence-electron chi connectivity index (χ2n) is 22.4. The Labute approximate surface area is 501 Å². The molecule has 1 saturated heterocycles. The highest BCUT2D eigenvalue weighted by atomic mass is 33.1. The highest BCUT2D eigenvalue weighted by molar-refractivity contribution is 8.76. The van der Waals surface area contributed by atoms with Gasteiger partial charge in [0.2, 0.25) is 41.1 Å². The number of hydrogen-bond donors (Lipinski definition) is 10. The molecule has 4 aromatic carbocycles. The molecule has 13 N–H and O–H groups in total. The topological polar surface area (TPSA) is 334 Å². The lowest BCUT2D eigenvalue weighted by Gasteiger charge is -2.28. The standard InChI is InChI=1S/C62H75N11O10S2/c1-36(2)54-59(83)69-42(33-51(77)78)57(81)70-43(55(63)79)34-84-85-35-44(58(82)68-41(56(80)71-54)21-16-30-66-60(64)65)67-49(74)28-31-72-45-26-24-37-17-12-14-19-39(37)52(45)61(3,4)47(72)22-10-8-7-9-11-23-48-62(5,6)53-40-20-15-13-18-38(40)25-27-46(53)73(48)32-29-50(75)76/h7-15,17-20,22-27,36,41-44,54H,16,21,28-35H2,1-6H3,(H12-,63,64,65,66,67,68,69,70,71,74,75,76,77,78,79,80,81,82,83)/p+1/t41-,42-,43-,44-,54-/m0/s1. The molecule has 0 radical (unpaired) electrons. The maximum atomic E-state index is 14.5. The van der Waals surface area contributed by atoms with Gasteiger partial charge in [0.15, 0.2) is 18.2 Å². The van der Waals surface area contributed by atoms with E-state index in [9.17, 15) is 48.6 Å². The van der Waals surface area contributed by atoms with Crippen molar-refractivity contribution < 1.29 is 53.1 Å². The summed E-state index contributed by atoms with van der Waals surface area (Å²) < 4.78 is 2.10. The summed E-state index contributed by atoms with van der Waals surface area (Å²) in [5.41, 5.74) is 21.8. The number of benzene rings is 4. The van der Waals surface area contributed by atoms with Crippen molar-refractivity contribution in [2.75, 3.05) is 36.0 Å². The van der Waals surface area contributed by atoms with Gasteiger partial charge < -0.3 is 58.9 Å². The normalized spacial score (nSPS) is 21.7. The third kappa shape index (κ3) is 15.7. The van der Waals surface area contributed by atoms with E-state index in [1.165, 1.54) is 0 Å². The first kappa shape index (κ1) is 64.1. The van der Waals surface area contributed by atoms with Crippen LogP contribution in [0.4, 0.5) is 11.4 Å². The number of nitrogens with two attached hydrogens (primary N) is 3. The number of amides is 6. The molecule has 0 unspecified atom stereocenters. The van der Waals surface area contributed by atoms with Crippen molar-refractivity contribution in [3.63, 3.8) is 0 Å². The van der Waals surface area contributed by atoms with E-state index in [-0.39, 0.29) is 56.2 Å². The van der Waals surface area contributed by atoms with E-state index in [1.807, 2.05) is 78.9 Å². The van der Waals surface area contributed by atoms with Gasteiger partial charge in [-0.05, 0) is 77.9 Å². The summed E-state index contributed by atoms with van der Waals surface area (Å²) in [6, 6.07) is 17.7. The van der Waals surface area contributed by atoms with Crippen LogP contribution in [0, 0.1) is 5.92 Å². The van der Waals surface area contributed by atoms with Gasteiger partial charge in [-0.2, -0.15) is 4.58 Å². The molecule has 7 rings (SSSR count). The fourth-order valence-corrected chi connectivity index (χ4v) is 13.4. The molecule has 4 aromatic rings. The molecule has 3 heterocycles. The van der Waals surface area contributed by atoms with Crippen LogP contribution < -0.4 is 48.7 Å². The summed E-state index contributed by atoms with van der Waals surface area (Å²) in [7, 11) is 2.13. The summed E-state index contributed by atoms with van der Waals surface area (Å²) in [6.45, 7) is 12.4.